The average Bonchev–Trinajstić information content (AvgIpc) is 2.42. The van der Waals surface area contributed by atoms with Gasteiger partial charge in [0.05, 0.1) is 27.9 Å². The van der Waals surface area contributed by atoms with Crippen molar-refractivity contribution in [3.05, 3.63) is 28.2 Å². The van der Waals surface area contributed by atoms with Gasteiger partial charge in [-0.15, -0.1) is 0 Å². The number of rotatable bonds is 3. The van der Waals surface area contributed by atoms with Crippen molar-refractivity contribution in [2.45, 2.75) is 12.8 Å². The number of hydrogen-bond donors (Lipinski definition) is 1. The van der Waals surface area contributed by atoms with Crippen molar-refractivity contribution < 1.29 is 13.2 Å². The summed E-state index contributed by atoms with van der Waals surface area (Å²) in [5.41, 5.74) is 0.363. The number of carbonyl (C=O) groups is 1. The summed E-state index contributed by atoms with van der Waals surface area (Å²) in [6, 6.07) is 4.95. The molecule has 116 valence electrons. The van der Waals surface area contributed by atoms with E-state index in [0.717, 1.165) is 6.26 Å². The molecule has 1 aromatic carbocycles. The summed E-state index contributed by atoms with van der Waals surface area (Å²) in [4.78, 5) is 12.3. The van der Waals surface area contributed by atoms with Crippen molar-refractivity contribution in [1.82, 2.24) is 4.31 Å². The van der Waals surface area contributed by atoms with Gasteiger partial charge in [0.1, 0.15) is 0 Å². The maximum atomic E-state index is 12.3. The summed E-state index contributed by atoms with van der Waals surface area (Å²) in [5.74, 6) is -0.667. The summed E-state index contributed by atoms with van der Waals surface area (Å²) < 4.78 is 24.5. The lowest BCUT2D eigenvalue weighted by Gasteiger charge is -2.30. The summed E-state index contributed by atoms with van der Waals surface area (Å²) in [6.07, 6.45) is 2.44. The van der Waals surface area contributed by atoms with Gasteiger partial charge in [-0.1, -0.05) is 29.3 Å². The molecule has 0 spiro atoms. The largest absolute Gasteiger partial charge is 0.323 e. The van der Waals surface area contributed by atoms with Gasteiger partial charge in [0, 0.05) is 13.1 Å². The minimum atomic E-state index is -3.28. The van der Waals surface area contributed by atoms with Crippen LogP contribution in [0, 0.1) is 5.92 Å². The van der Waals surface area contributed by atoms with Crippen LogP contribution in [0.5, 0.6) is 0 Å². The fourth-order valence-corrected chi connectivity index (χ4v) is 3.70. The molecule has 2 rings (SSSR count). The van der Waals surface area contributed by atoms with Crippen molar-refractivity contribution in [2.75, 3.05) is 24.7 Å². The number of amides is 1. The first-order chi connectivity index (χ1) is 9.79. The van der Waals surface area contributed by atoms with Crippen LogP contribution in [0.25, 0.3) is 0 Å². The Balaban J connectivity index is 2.10. The molecule has 1 atom stereocenters. The zero-order valence-corrected chi connectivity index (χ0v) is 13.8. The van der Waals surface area contributed by atoms with Crippen LogP contribution in [-0.2, 0) is 14.8 Å². The molecule has 0 bridgehead atoms. The predicted molar refractivity (Wildman–Crippen MR) is 84.2 cm³/mol. The highest BCUT2D eigenvalue weighted by atomic mass is 35.5. The first kappa shape index (κ1) is 16.5. The quantitative estimate of drug-likeness (QED) is 0.910. The molecule has 1 aromatic rings. The average molecular weight is 351 g/mol. The number of halogens is 2. The number of carbonyl (C=O) groups excluding carboxylic acids is 1. The summed E-state index contributed by atoms with van der Waals surface area (Å²) in [6.45, 7) is 0.641. The Bertz CT molecular complexity index is 629. The third-order valence-electron chi connectivity index (χ3n) is 3.43. The molecule has 0 saturated carbocycles. The maximum absolute atomic E-state index is 12.3. The second-order valence-electron chi connectivity index (χ2n) is 5.05. The number of para-hydroxylation sites is 1. The highest BCUT2D eigenvalue weighted by Gasteiger charge is 2.30. The van der Waals surface area contributed by atoms with Crippen LogP contribution >= 0.6 is 23.2 Å². The van der Waals surface area contributed by atoms with Crippen molar-refractivity contribution in [3.8, 4) is 0 Å². The van der Waals surface area contributed by atoms with E-state index in [1.54, 1.807) is 18.2 Å². The highest BCUT2D eigenvalue weighted by molar-refractivity contribution is 7.88. The normalized spacial score (nSPS) is 20.2. The molecule has 1 N–H and O–H groups in total. The Hall–Kier alpha value is -0.820. The van der Waals surface area contributed by atoms with E-state index in [1.807, 2.05) is 0 Å². The lowest BCUT2D eigenvalue weighted by molar-refractivity contribution is -0.120. The van der Waals surface area contributed by atoms with Gasteiger partial charge in [0.15, 0.2) is 0 Å². The Labute approximate surface area is 134 Å². The third kappa shape index (κ3) is 4.10. The van der Waals surface area contributed by atoms with E-state index in [1.165, 1.54) is 4.31 Å². The summed E-state index contributed by atoms with van der Waals surface area (Å²) in [7, 11) is -3.28. The Morgan fingerprint density at radius 2 is 1.95 bits per heavy atom. The topological polar surface area (TPSA) is 66.5 Å². The van der Waals surface area contributed by atoms with Crippen LogP contribution in [-0.4, -0.2) is 38.0 Å². The zero-order chi connectivity index (χ0) is 15.6. The molecule has 1 fully saturated rings. The summed E-state index contributed by atoms with van der Waals surface area (Å²) in [5, 5.41) is 3.40. The number of sulfonamides is 1. The van der Waals surface area contributed by atoms with Gasteiger partial charge >= 0.3 is 0 Å². The second-order valence-corrected chi connectivity index (χ2v) is 7.84. The van der Waals surface area contributed by atoms with Crippen molar-refractivity contribution in [1.29, 1.82) is 0 Å². The first-order valence-electron chi connectivity index (χ1n) is 6.49. The van der Waals surface area contributed by atoms with Gasteiger partial charge in [-0.05, 0) is 25.0 Å². The molecular formula is C13H16Cl2N2O3S. The number of nitrogens with zero attached hydrogens (tertiary/aromatic N) is 1. The van der Waals surface area contributed by atoms with E-state index in [2.05, 4.69) is 5.32 Å². The van der Waals surface area contributed by atoms with E-state index in [4.69, 9.17) is 23.2 Å². The first-order valence-corrected chi connectivity index (χ1v) is 9.09. The van der Waals surface area contributed by atoms with E-state index >= 15 is 0 Å². The van der Waals surface area contributed by atoms with Crippen molar-refractivity contribution in [3.63, 3.8) is 0 Å². The lowest BCUT2D eigenvalue weighted by Crippen LogP contribution is -2.43. The van der Waals surface area contributed by atoms with Crippen LogP contribution in [0.3, 0.4) is 0 Å². The molecule has 5 nitrogen and oxygen atoms in total. The van der Waals surface area contributed by atoms with Crippen LogP contribution < -0.4 is 5.32 Å². The Morgan fingerprint density at radius 3 is 2.52 bits per heavy atom. The van der Waals surface area contributed by atoms with Gasteiger partial charge in [-0.25, -0.2) is 12.7 Å². The molecule has 0 aromatic heterocycles. The molecule has 1 amide bonds. The highest BCUT2D eigenvalue weighted by Crippen LogP contribution is 2.31. The monoisotopic (exact) mass is 350 g/mol. The molecule has 1 saturated heterocycles. The third-order valence-corrected chi connectivity index (χ3v) is 5.33. The number of benzene rings is 1. The van der Waals surface area contributed by atoms with Gasteiger partial charge in [-0.2, -0.15) is 0 Å². The number of piperidine rings is 1. The van der Waals surface area contributed by atoms with Gasteiger partial charge in [0.2, 0.25) is 15.9 Å². The molecular weight excluding hydrogens is 335 g/mol. The smallest absolute Gasteiger partial charge is 0.228 e. The van der Waals surface area contributed by atoms with Gasteiger partial charge in [0.25, 0.3) is 0 Å². The van der Waals surface area contributed by atoms with E-state index < -0.39 is 15.9 Å². The SMILES string of the molecule is CS(=O)(=O)N1CCC[C@H](C(=O)Nc2c(Cl)cccc2Cl)C1. The molecule has 0 aliphatic carbocycles. The lowest BCUT2D eigenvalue weighted by atomic mass is 9.98. The van der Waals surface area contributed by atoms with E-state index in [0.29, 0.717) is 35.1 Å². The van der Waals surface area contributed by atoms with Gasteiger partial charge in [-0.3, -0.25) is 4.79 Å². The van der Waals surface area contributed by atoms with Crippen molar-refractivity contribution in [2.24, 2.45) is 5.92 Å². The molecule has 1 aliphatic rings. The minimum absolute atomic E-state index is 0.187. The van der Waals surface area contributed by atoms with Crippen molar-refractivity contribution >= 4 is 44.8 Å². The number of nitrogens with one attached hydrogen (secondary N) is 1. The van der Waals surface area contributed by atoms with Crippen LogP contribution in [0.15, 0.2) is 18.2 Å². The Kier molecular flexibility index (Phi) is 5.14. The molecule has 21 heavy (non-hydrogen) atoms. The maximum Gasteiger partial charge on any atom is 0.228 e. The molecule has 0 unspecified atom stereocenters. The van der Waals surface area contributed by atoms with E-state index in [9.17, 15) is 13.2 Å². The molecule has 1 aliphatic heterocycles. The number of anilines is 1. The Morgan fingerprint density at radius 1 is 1.33 bits per heavy atom. The molecule has 8 heteroatoms. The fourth-order valence-electron chi connectivity index (χ4n) is 2.30. The van der Waals surface area contributed by atoms with Crippen LogP contribution in [0.2, 0.25) is 10.0 Å². The van der Waals surface area contributed by atoms with Gasteiger partial charge < -0.3 is 5.32 Å². The van der Waals surface area contributed by atoms with E-state index in [-0.39, 0.29) is 12.5 Å². The number of hydrogen-bond acceptors (Lipinski definition) is 3. The predicted octanol–water partition coefficient (Wildman–Crippen LogP) is 2.60. The summed E-state index contributed by atoms with van der Waals surface area (Å²) >= 11 is 12.0. The second kappa shape index (κ2) is 6.52. The standard InChI is InChI=1S/C13H16Cl2N2O3S/c1-21(19,20)17-7-3-4-9(8-17)13(18)16-12-10(14)5-2-6-11(12)15/h2,5-6,9H,3-4,7-8H2,1H3,(H,16,18)/t9-/m0/s1. The molecule has 0 radical (unpaired) electrons. The zero-order valence-electron chi connectivity index (χ0n) is 11.5. The minimum Gasteiger partial charge on any atom is -0.323 e. The fraction of sp³-hybridized carbons (Fsp3) is 0.462. The van der Waals surface area contributed by atoms with Crippen LogP contribution in [0.1, 0.15) is 12.8 Å². The molecule has 1 heterocycles. The van der Waals surface area contributed by atoms with Crippen LogP contribution in [0.4, 0.5) is 5.69 Å².